The summed E-state index contributed by atoms with van der Waals surface area (Å²) in [7, 11) is 0. The summed E-state index contributed by atoms with van der Waals surface area (Å²) >= 11 is 1.45. The highest BCUT2D eigenvalue weighted by Gasteiger charge is 2.66. The van der Waals surface area contributed by atoms with Gasteiger partial charge in [0.25, 0.3) is 0 Å². The number of carbonyl (C=O) groups excluding carboxylic acids is 2. The van der Waals surface area contributed by atoms with E-state index in [0.29, 0.717) is 30.9 Å². The molecule has 0 aromatic carbocycles. The van der Waals surface area contributed by atoms with Gasteiger partial charge in [-0.25, -0.2) is 9.37 Å². The van der Waals surface area contributed by atoms with Crippen LogP contribution in [0.3, 0.4) is 0 Å². The number of aromatic nitrogens is 1. The number of hydrogen-bond acceptors (Lipinski definition) is 6. The molecular weight excluding hydrogens is 477 g/mol. The van der Waals surface area contributed by atoms with E-state index >= 15 is 4.39 Å². The molecule has 4 atom stereocenters. The molecule has 1 aromatic heterocycles. The zero-order valence-corrected chi connectivity index (χ0v) is 23.8. The van der Waals surface area contributed by atoms with Gasteiger partial charge in [-0.05, 0) is 51.5 Å². The first kappa shape index (κ1) is 29.0. The van der Waals surface area contributed by atoms with E-state index in [0.717, 1.165) is 50.0 Å². The molecule has 4 unspecified atom stereocenters. The maximum Gasteiger partial charge on any atom is 0.306 e. The van der Waals surface area contributed by atoms with Crippen molar-refractivity contribution in [3.63, 3.8) is 0 Å². The largest absolute Gasteiger partial charge is 0.455 e. The monoisotopic (exact) mass is 521 g/mol. The van der Waals surface area contributed by atoms with Gasteiger partial charge in [-0.2, -0.15) is 0 Å². The van der Waals surface area contributed by atoms with Gasteiger partial charge in [0.1, 0.15) is 17.2 Å². The zero-order chi connectivity index (χ0) is 26.6. The minimum absolute atomic E-state index is 0.0773. The molecule has 0 radical (unpaired) electrons. The van der Waals surface area contributed by atoms with Crippen LogP contribution in [0, 0.1) is 18.3 Å². The van der Waals surface area contributed by atoms with E-state index in [1.165, 1.54) is 17.4 Å². The fourth-order valence-corrected chi connectivity index (χ4v) is 5.99. The van der Waals surface area contributed by atoms with Crippen molar-refractivity contribution in [2.75, 3.05) is 0 Å². The molecule has 0 aliphatic carbocycles. The molecular formula is C29H44FNO4S. The van der Waals surface area contributed by atoms with Gasteiger partial charge < -0.3 is 9.47 Å². The highest BCUT2D eigenvalue weighted by molar-refractivity contribution is 7.09. The number of unbranched alkanes of at least 4 members (excludes halogenated alkanes) is 1. The lowest BCUT2D eigenvalue weighted by Crippen LogP contribution is -2.32. The molecule has 3 rings (SSSR count). The summed E-state index contributed by atoms with van der Waals surface area (Å²) in [6.45, 7) is 12.1. The van der Waals surface area contributed by atoms with Gasteiger partial charge in [0, 0.05) is 30.1 Å². The second kappa shape index (κ2) is 11.8. The van der Waals surface area contributed by atoms with Crippen molar-refractivity contribution in [3.8, 4) is 0 Å². The van der Waals surface area contributed by atoms with Crippen molar-refractivity contribution in [1.82, 2.24) is 4.98 Å². The van der Waals surface area contributed by atoms with Crippen LogP contribution >= 0.6 is 11.3 Å². The second-order valence-corrected chi connectivity index (χ2v) is 12.8. The molecule has 0 bridgehead atoms. The number of ketones is 1. The van der Waals surface area contributed by atoms with Crippen LogP contribution in [0.2, 0.25) is 0 Å². The molecule has 36 heavy (non-hydrogen) atoms. The summed E-state index contributed by atoms with van der Waals surface area (Å²) in [5.41, 5.74) is -0.954. The topological polar surface area (TPSA) is 68.8 Å². The number of hydrogen-bond donors (Lipinski definition) is 0. The number of epoxide rings is 1. The number of rotatable bonds is 5. The number of aryl methyl sites for hydroxylation is 1. The molecule has 1 aromatic rings. The van der Waals surface area contributed by atoms with Gasteiger partial charge in [-0.1, -0.05) is 53.4 Å². The molecule has 2 aliphatic rings. The van der Waals surface area contributed by atoms with Crippen LogP contribution in [0.5, 0.6) is 0 Å². The molecule has 0 amide bonds. The number of Topliss-reactive ketones (excluding diaryl/α,β-unsaturated/α-hetero) is 1. The summed E-state index contributed by atoms with van der Waals surface area (Å²) in [5, 5.41) is 2.65. The molecule has 5 nitrogen and oxygen atoms in total. The van der Waals surface area contributed by atoms with Crippen LogP contribution in [-0.2, 0) is 19.1 Å². The van der Waals surface area contributed by atoms with Crippen molar-refractivity contribution in [1.29, 1.82) is 0 Å². The lowest BCUT2D eigenvalue weighted by atomic mass is 9.79. The minimum atomic E-state index is -1.04. The van der Waals surface area contributed by atoms with E-state index in [1.54, 1.807) is 5.38 Å². The minimum Gasteiger partial charge on any atom is -0.455 e. The Balaban J connectivity index is 1.88. The maximum atomic E-state index is 15.7. The Bertz CT molecular complexity index is 957. The fourth-order valence-electron chi connectivity index (χ4n) is 5.42. The highest BCUT2D eigenvalue weighted by Crippen LogP contribution is 2.57. The third-order valence-corrected chi connectivity index (χ3v) is 9.01. The third kappa shape index (κ3) is 7.25. The van der Waals surface area contributed by atoms with E-state index in [2.05, 4.69) is 25.8 Å². The predicted molar refractivity (Wildman–Crippen MR) is 142 cm³/mol. The van der Waals surface area contributed by atoms with Crippen molar-refractivity contribution in [2.24, 2.45) is 11.3 Å². The van der Waals surface area contributed by atoms with Crippen molar-refractivity contribution >= 4 is 29.2 Å². The number of carbonyl (C=O) groups is 2. The zero-order valence-electron chi connectivity index (χ0n) is 23.0. The van der Waals surface area contributed by atoms with Gasteiger partial charge in [-0.15, -0.1) is 11.3 Å². The third-order valence-electron chi connectivity index (χ3n) is 8.22. The summed E-state index contributed by atoms with van der Waals surface area (Å²) in [6, 6.07) is 0. The van der Waals surface area contributed by atoms with Crippen LogP contribution < -0.4 is 0 Å². The molecule has 2 fully saturated rings. The van der Waals surface area contributed by atoms with Gasteiger partial charge in [-0.3, -0.25) is 9.59 Å². The lowest BCUT2D eigenvalue weighted by molar-refractivity contribution is -0.149. The Morgan fingerprint density at radius 1 is 1.22 bits per heavy atom. The SMILES string of the molecule is CCCCC12CC(/C(F)=C/c3csc(C)n3)OC(=O)CCC(C)(C)C(=O)CCC(C)CCCC1(C)O2. The quantitative estimate of drug-likeness (QED) is 0.293. The summed E-state index contributed by atoms with van der Waals surface area (Å²) in [6.07, 6.45) is 8.17. The number of thiazole rings is 1. The van der Waals surface area contributed by atoms with Gasteiger partial charge >= 0.3 is 5.97 Å². The highest BCUT2D eigenvalue weighted by atomic mass is 32.1. The van der Waals surface area contributed by atoms with Gasteiger partial charge in [0.2, 0.25) is 0 Å². The average molecular weight is 522 g/mol. The van der Waals surface area contributed by atoms with E-state index in [9.17, 15) is 9.59 Å². The average Bonchev–Trinajstić information content (AvgIpc) is 3.14. The standard InChI is InChI=1S/C29H44FNO4S/c1-7-8-15-29-18-24(23(30)17-22-19-36-21(3)31-22)34-26(33)13-16-27(4,5)25(32)12-11-20(2)10-9-14-28(29,6)35-29/h17,19-20,24H,7-16,18H2,1-6H3/b23-17-. The number of cyclic esters (lactones) is 1. The van der Waals surface area contributed by atoms with Gasteiger partial charge in [0.15, 0.2) is 6.10 Å². The summed E-state index contributed by atoms with van der Waals surface area (Å²) in [5.74, 6) is -0.365. The smallest absolute Gasteiger partial charge is 0.306 e. The first-order chi connectivity index (χ1) is 16.9. The second-order valence-electron chi connectivity index (χ2n) is 11.8. The van der Waals surface area contributed by atoms with Crippen LogP contribution in [0.4, 0.5) is 4.39 Å². The summed E-state index contributed by atoms with van der Waals surface area (Å²) < 4.78 is 27.9. The van der Waals surface area contributed by atoms with Gasteiger partial charge in [0.05, 0.1) is 16.3 Å². The number of halogens is 1. The number of ether oxygens (including phenoxy) is 2. The number of nitrogens with zero attached hydrogens (tertiary/aromatic N) is 1. The van der Waals surface area contributed by atoms with Crippen molar-refractivity contribution < 1.29 is 23.5 Å². The van der Waals surface area contributed by atoms with E-state index < -0.39 is 28.9 Å². The molecule has 2 aliphatic heterocycles. The molecule has 2 saturated heterocycles. The molecule has 0 N–H and O–H groups in total. The maximum absolute atomic E-state index is 15.7. The van der Waals surface area contributed by atoms with Crippen molar-refractivity contribution in [2.45, 2.75) is 129 Å². The van der Waals surface area contributed by atoms with Crippen LogP contribution in [0.15, 0.2) is 11.2 Å². The molecule has 3 heterocycles. The fraction of sp³-hybridized carbons (Fsp3) is 0.759. The predicted octanol–water partition coefficient (Wildman–Crippen LogP) is 7.76. The van der Waals surface area contributed by atoms with E-state index in [-0.39, 0.29) is 17.8 Å². The molecule has 7 heteroatoms. The van der Waals surface area contributed by atoms with Crippen molar-refractivity contribution in [3.05, 3.63) is 21.9 Å². The van der Waals surface area contributed by atoms with Crippen LogP contribution in [-0.4, -0.2) is 34.0 Å². The number of fused-ring (bicyclic) bond motifs is 1. The first-order valence-electron chi connectivity index (χ1n) is 13.6. The molecule has 202 valence electrons. The van der Waals surface area contributed by atoms with Crippen LogP contribution in [0.1, 0.15) is 116 Å². The van der Waals surface area contributed by atoms with Crippen LogP contribution in [0.25, 0.3) is 6.08 Å². The lowest BCUT2D eigenvalue weighted by Gasteiger charge is -2.26. The molecule has 0 spiro atoms. The van der Waals surface area contributed by atoms with E-state index in [1.807, 2.05) is 20.8 Å². The van der Waals surface area contributed by atoms with E-state index in [4.69, 9.17) is 9.47 Å². The first-order valence-corrected chi connectivity index (χ1v) is 14.5. The number of esters is 1. The molecule has 0 saturated carbocycles. The Labute approximate surface area is 220 Å². The Morgan fingerprint density at radius 3 is 2.64 bits per heavy atom. The normalized spacial score (nSPS) is 32.6. The summed E-state index contributed by atoms with van der Waals surface area (Å²) in [4.78, 5) is 30.1. The Kier molecular flexibility index (Phi) is 9.53. The Hall–Kier alpha value is -1.60. The Morgan fingerprint density at radius 2 is 1.97 bits per heavy atom.